The molecule has 0 saturated heterocycles. The van der Waals surface area contributed by atoms with Gasteiger partial charge in [0.15, 0.2) is 0 Å². The van der Waals surface area contributed by atoms with Gasteiger partial charge in [-0.15, -0.1) is 21.5 Å². The summed E-state index contributed by atoms with van der Waals surface area (Å²) in [7, 11) is 0. The molecule has 24 heavy (non-hydrogen) atoms. The molecule has 3 aromatic rings. The normalized spacial score (nSPS) is 10.8. The van der Waals surface area contributed by atoms with Crippen molar-refractivity contribution in [2.45, 2.75) is 12.1 Å². The Balaban J connectivity index is 1.63. The Morgan fingerprint density at radius 2 is 2.08 bits per heavy atom. The number of nitrogens with zero attached hydrogens (tertiary/aromatic N) is 3. The van der Waals surface area contributed by atoms with Crippen molar-refractivity contribution in [2.24, 2.45) is 0 Å². The van der Waals surface area contributed by atoms with Crippen molar-refractivity contribution >= 4 is 34.7 Å². The SMILES string of the molecule is CCN(C(=O)CSc1nnc(-c2cccs2)o1)c1ccc(F)cc1. The smallest absolute Gasteiger partial charge is 0.277 e. The van der Waals surface area contributed by atoms with Crippen LogP contribution in [0, 0.1) is 5.82 Å². The van der Waals surface area contributed by atoms with Crippen molar-refractivity contribution in [1.29, 1.82) is 0 Å². The minimum absolute atomic E-state index is 0.106. The van der Waals surface area contributed by atoms with Crippen LogP contribution in [0.4, 0.5) is 10.1 Å². The second kappa shape index (κ2) is 7.59. The molecular formula is C16H14FN3O2S2. The highest BCUT2D eigenvalue weighted by Gasteiger charge is 2.17. The Bertz CT molecular complexity index is 803. The number of anilines is 1. The molecule has 0 radical (unpaired) electrons. The third-order valence-electron chi connectivity index (χ3n) is 3.21. The summed E-state index contributed by atoms with van der Waals surface area (Å²) in [6.45, 7) is 2.36. The van der Waals surface area contributed by atoms with Crippen molar-refractivity contribution in [2.75, 3.05) is 17.2 Å². The maximum absolute atomic E-state index is 13.0. The summed E-state index contributed by atoms with van der Waals surface area (Å²) in [6, 6.07) is 9.65. The van der Waals surface area contributed by atoms with Gasteiger partial charge in [0.1, 0.15) is 5.82 Å². The van der Waals surface area contributed by atoms with Crippen LogP contribution in [-0.2, 0) is 4.79 Å². The van der Waals surface area contributed by atoms with Crippen LogP contribution in [0.3, 0.4) is 0 Å². The van der Waals surface area contributed by atoms with Gasteiger partial charge >= 0.3 is 0 Å². The predicted octanol–water partition coefficient (Wildman–Crippen LogP) is 4.08. The number of hydrogen-bond acceptors (Lipinski definition) is 6. The topological polar surface area (TPSA) is 59.2 Å². The molecule has 0 aliphatic rings. The van der Waals surface area contributed by atoms with Crippen molar-refractivity contribution in [3.05, 3.63) is 47.6 Å². The van der Waals surface area contributed by atoms with Crippen LogP contribution in [-0.4, -0.2) is 28.4 Å². The zero-order valence-electron chi connectivity index (χ0n) is 12.8. The number of benzene rings is 1. The first-order chi connectivity index (χ1) is 11.7. The molecule has 1 aromatic carbocycles. The first-order valence-corrected chi connectivity index (χ1v) is 9.10. The maximum atomic E-state index is 13.0. The monoisotopic (exact) mass is 363 g/mol. The highest BCUT2D eigenvalue weighted by molar-refractivity contribution is 7.99. The van der Waals surface area contributed by atoms with Crippen LogP contribution in [0.15, 0.2) is 51.4 Å². The Labute approximate surface area is 146 Å². The zero-order chi connectivity index (χ0) is 16.9. The minimum Gasteiger partial charge on any atom is -0.410 e. The van der Waals surface area contributed by atoms with Crippen LogP contribution in [0.25, 0.3) is 10.8 Å². The van der Waals surface area contributed by atoms with Gasteiger partial charge in [-0.05, 0) is 42.6 Å². The highest BCUT2D eigenvalue weighted by Crippen LogP contribution is 2.27. The van der Waals surface area contributed by atoms with Crippen molar-refractivity contribution in [3.63, 3.8) is 0 Å². The lowest BCUT2D eigenvalue weighted by molar-refractivity contribution is -0.116. The van der Waals surface area contributed by atoms with E-state index >= 15 is 0 Å². The molecule has 0 unspecified atom stereocenters. The fourth-order valence-corrected chi connectivity index (χ4v) is 3.38. The van der Waals surface area contributed by atoms with E-state index in [9.17, 15) is 9.18 Å². The van der Waals surface area contributed by atoms with Crippen molar-refractivity contribution in [1.82, 2.24) is 10.2 Å². The lowest BCUT2D eigenvalue weighted by atomic mass is 10.3. The highest BCUT2D eigenvalue weighted by atomic mass is 32.2. The number of carbonyl (C=O) groups excluding carboxylic acids is 1. The van der Waals surface area contributed by atoms with Crippen LogP contribution in [0.1, 0.15) is 6.92 Å². The zero-order valence-corrected chi connectivity index (χ0v) is 14.4. The summed E-state index contributed by atoms with van der Waals surface area (Å²) in [5.41, 5.74) is 0.661. The molecule has 0 atom stereocenters. The van der Waals surface area contributed by atoms with Gasteiger partial charge in [0.25, 0.3) is 11.1 Å². The Morgan fingerprint density at radius 1 is 1.29 bits per heavy atom. The number of thioether (sulfide) groups is 1. The summed E-state index contributed by atoms with van der Waals surface area (Å²) in [5.74, 6) is 0.177. The van der Waals surface area contributed by atoms with Gasteiger partial charge in [0.2, 0.25) is 5.91 Å². The standard InChI is InChI=1S/C16H14FN3O2S2/c1-2-20(12-7-5-11(17)6-8-12)14(21)10-24-16-19-18-15(22-16)13-4-3-9-23-13/h3-9H,2,10H2,1H3. The van der Waals surface area contributed by atoms with Crippen LogP contribution >= 0.6 is 23.1 Å². The minimum atomic E-state index is -0.330. The quantitative estimate of drug-likeness (QED) is 0.618. The second-order valence-corrected chi connectivity index (χ2v) is 6.63. The molecule has 0 bridgehead atoms. The number of carbonyl (C=O) groups is 1. The van der Waals surface area contributed by atoms with Crippen molar-refractivity contribution < 1.29 is 13.6 Å². The molecule has 0 spiro atoms. The predicted molar refractivity (Wildman–Crippen MR) is 92.8 cm³/mol. The molecule has 124 valence electrons. The molecule has 2 heterocycles. The summed E-state index contributed by atoms with van der Waals surface area (Å²) >= 11 is 2.70. The summed E-state index contributed by atoms with van der Waals surface area (Å²) in [5, 5.41) is 10.2. The van der Waals surface area contributed by atoms with Gasteiger partial charge < -0.3 is 9.32 Å². The average Bonchev–Trinajstić information content (AvgIpc) is 3.26. The molecule has 0 saturated carbocycles. The largest absolute Gasteiger partial charge is 0.410 e. The third-order valence-corrected chi connectivity index (χ3v) is 4.87. The van der Waals surface area contributed by atoms with Gasteiger partial charge in [0, 0.05) is 12.2 Å². The van der Waals surface area contributed by atoms with E-state index in [4.69, 9.17) is 4.42 Å². The van der Waals surface area contributed by atoms with E-state index in [1.165, 1.54) is 35.2 Å². The molecule has 2 aromatic heterocycles. The molecule has 5 nitrogen and oxygen atoms in total. The third kappa shape index (κ3) is 3.82. The molecule has 0 aliphatic carbocycles. The molecule has 0 fully saturated rings. The van der Waals surface area contributed by atoms with Crippen LogP contribution in [0.5, 0.6) is 0 Å². The van der Waals surface area contributed by atoms with E-state index in [-0.39, 0.29) is 17.5 Å². The van der Waals surface area contributed by atoms with Gasteiger partial charge in [0.05, 0.1) is 10.6 Å². The van der Waals surface area contributed by atoms with E-state index in [0.717, 1.165) is 4.88 Å². The Kier molecular flexibility index (Phi) is 5.27. The first-order valence-electron chi connectivity index (χ1n) is 7.23. The Morgan fingerprint density at radius 3 is 2.75 bits per heavy atom. The van der Waals surface area contributed by atoms with Gasteiger partial charge in [-0.1, -0.05) is 17.8 Å². The lowest BCUT2D eigenvalue weighted by Crippen LogP contribution is -2.32. The summed E-state index contributed by atoms with van der Waals surface area (Å²) in [6.07, 6.45) is 0. The molecular weight excluding hydrogens is 349 g/mol. The second-order valence-electron chi connectivity index (χ2n) is 4.75. The first kappa shape index (κ1) is 16.7. The molecule has 8 heteroatoms. The van der Waals surface area contributed by atoms with Gasteiger partial charge in [-0.3, -0.25) is 4.79 Å². The van der Waals surface area contributed by atoms with Crippen LogP contribution in [0.2, 0.25) is 0 Å². The van der Waals surface area contributed by atoms with Gasteiger partial charge in [-0.2, -0.15) is 0 Å². The number of aromatic nitrogens is 2. The molecule has 0 aliphatic heterocycles. The number of thiophene rings is 1. The number of halogens is 1. The van der Waals surface area contributed by atoms with Gasteiger partial charge in [-0.25, -0.2) is 4.39 Å². The summed E-state index contributed by atoms with van der Waals surface area (Å²) < 4.78 is 18.6. The van der Waals surface area contributed by atoms with E-state index in [1.54, 1.807) is 17.0 Å². The Hall–Kier alpha value is -2.19. The molecule has 0 N–H and O–H groups in total. The van der Waals surface area contributed by atoms with E-state index < -0.39 is 0 Å². The van der Waals surface area contributed by atoms with Crippen LogP contribution < -0.4 is 4.90 Å². The molecule has 3 rings (SSSR count). The summed E-state index contributed by atoms with van der Waals surface area (Å²) in [4.78, 5) is 14.9. The lowest BCUT2D eigenvalue weighted by Gasteiger charge is -2.20. The number of rotatable bonds is 6. The average molecular weight is 363 g/mol. The van der Waals surface area contributed by atoms with Crippen molar-refractivity contribution in [3.8, 4) is 10.8 Å². The molecule has 1 amide bonds. The number of hydrogen-bond donors (Lipinski definition) is 0. The van der Waals surface area contributed by atoms with E-state index in [1.807, 2.05) is 24.4 Å². The maximum Gasteiger partial charge on any atom is 0.277 e. The fraction of sp³-hybridized carbons (Fsp3) is 0.188. The number of amides is 1. The van der Waals surface area contributed by atoms with E-state index in [2.05, 4.69) is 10.2 Å². The van der Waals surface area contributed by atoms with E-state index in [0.29, 0.717) is 23.3 Å². The fourth-order valence-electron chi connectivity index (χ4n) is 2.09.